The number of ether oxygens (including phenoxy) is 1. The highest BCUT2D eigenvalue weighted by atomic mass is 32.2. The van der Waals surface area contributed by atoms with Gasteiger partial charge >= 0.3 is 5.97 Å². The van der Waals surface area contributed by atoms with Crippen LogP contribution in [-0.4, -0.2) is 42.1 Å². The minimum atomic E-state index is -3.09. The molecule has 0 spiro atoms. The van der Waals surface area contributed by atoms with E-state index in [9.17, 15) is 13.2 Å². The minimum absolute atomic E-state index is 0.00975. The minimum Gasteiger partial charge on any atom is -0.461 e. The van der Waals surface area contributed by atoms with Crippen LogP contribution in [-0.2, 0) is 26.5 Å². The topological polar surface area (TPSA) is 104 Å². The third kappa shape index (κ3) is 2.76. The number of imidazole rings is 1. The van der Waals surface area contributed by atoms with Crippen LogP contribution < -0.4 is 5.73 Å². The normalized spacial score (nSPS) is 24.1. The molecule has 1 unspecified atom stereocenters. The lowest BCUT2D eigenvalue weighted by atomic mass is 10.0. The maximum atomic E-state index is 11.9. The van der Waals surface area contributed by atoms with E-state index in [0.717, 1.165) is 0 Å². The smallest absolute Gasteiger partial charge is 0.360 e. The van der Waals surface area contributed by atoms with Gasteiger partial charge in [0.25, 0.3) is 0 Å². The first-order valence-corrected chi connectivity index (χ1v) is 8.81. The van der Waals surface area contributed by atoms with Crippen molar-refractivity contribution < 1.29 is 17.9 Å². The van der Waals surface area contributed by atoms with Gasteiger partial charge in [-0.3, -0.25) is 0 Å². The largest absolute Gasteiger partial charge is 0.461 e. The number of hydrogen-bond acceptors (Lipinski definition) is 6. The number of nitrogens with two attached hydrogens (primary N) is 1. The van der Waals surface area contributed by atoms with Gasteiger partial charge in [0.15, 0.2) is 15.5 Å². The van der Waals surface area contributed by atoms with Gasteiger partial charge in [0, 0.05) is 6.42 Å². The van der Waals surface area contributed by atoms with Crippen LogP contribution in [0, 0.1) is 0 Å². The molecule has 7 nitrogen and oxygen atoms in total. The Morgan fingerprint density at radius 1 is 1.48 bits per heavy atom. The van der Waals surface area contributed by atoms with E-state index >= 15 is 0 Å². The van der Waals surface area contributed by atoms with E-state index in [-0.39, 0.29) is 29.6 Å². The number of carbonyl (C=O) groups excluding carboxylic acids is 1. The summed E-state index contributed by atoms with van der Waals surface area (Å²) in [6.07, 6.45) is 1.02. The fraction of sp³-hybridized carbons (Fsp3) is 0.692. The van der Waals surface area contributed by atoms with Crippen molar-refractivity contribution in [3.63, 3.8) is 0 Å². The number of esters is 1. The number of anilines is 1. The predicted molar refractivity (Wildman–Crippen MR) is 78.9 cm³/mol. The number of sulfone groups is 1. The van der Waals surface area contributed by atoms with Crippen molar-refractivity contribution >= 4 is 21.6 Å². The summed E-state index contributed by atoms with van der Waals surface area (Å²) in [6.45, 7) is 5.67. The van der Waals surface area contributed by atoms with Crippen LogP contribution in [0.25, 0.3) is 0 Å². The molecule has 0 amide bonds. The number of aryl methyl sites for hydroxylation is 1. The Kier molecular flexibility index (Phi) is 4.01. The number of carbonyl (C=O) groups is 1. The van der Waals surface area contributed by atoms with Crippen LogP contribution >= 0.6 is 0 Å². The van der Waals surface area contributed by atoms with Crippen LogP contribution in [0.5, 0.6) is 0 Å². The van der Waals surface area contributed by atoms with Crippen LogP contribution in [0.15, 0.2) is 0 Å². The zero-order valence-electron chi connectivity index (χ0n) is 12.5. The highest BCUT2D eigenvalue weighted by Crippen LogP contribution is 2.35. The maximum Gasteiger partial charge on any atom is 0.360 e. The lowest BCUT2D eigenvalue weighted by Gasteiger charge is -2.27. The van der Waals surface area contributed by atoms with Gasteiger partial charge in [-0.1, -0.05) is 6.92 Å². The third-order valence-electron chi connectivity index (χ3n) is 3.79. The Morgan fingerprint density at radius 2 is 2.14 bits per heavy atom. The van der Waals surface area contributed by atoms with E-state index < -0.39 is 21.3 Å². The Bertz CT molecular complexity index is 665. The molecule has 1 aliphatic rings. The van der Waals surface area contributed by atoms with Crippen molar-refractivity contribution in [1.29, 1.82) is 0 Å². The highest BCUT2D eigenvalue weighted by Gasteiger charge is 2.43. The van der Waals surface area contributed by atoms with Gasteiger partial charge in [0.05, 0.1) is 23.7 Å². The lowest BCUT2D eigenvalue weighted by molar-refractivity contribution is 0.0521. The number of nitrogen functional groups attached to an aromatic ring is 1. The molecule has 1 aromatic heterocycles. The van der Waals surface area contributed by atoms with Crippen LogP contribution in [0.1, 0.15) is 43.5 Å². The first-order valence-electron chi connectivity index (χ1n) is 6.99. The summed E-state index contributed by atoms with van der Waals surface area (Å²) in [7, 11) is -3.09. The molecule has 0 aliphatic carbocycles. The van der Waals surface area contributed by atoms with Crippen molar-refractivity contribution in [2.45, 2.75) is 39.2 Å². The summed E-state index contributed by atoms with van der Waals surface area (Å²) in [5.41, 5.74) is 5.48. The zero-order chi connectivity index (χ0) is 15.8. The molecular formula is C13H21N3O4S. The second-order valence-corrected chi connectivity index (χ2v) is 7.69. The summed E-state index contributed by atoms with van der Waals surface area (Å²) in [5.74, 6) is 0.349. The van der Waals surface area contributed by atoms with E-state index in [2.05, 4.69) is 4.98 Å². The van der Waals surface area contributed by atoms with Crippen molar-refractivity contribution in [3.05, 3.63) is 11.5 Å². The van der Waals surface area contributed by atoms with Gasteiger partial charge in [0.2, 0.25) is 0 Å². The average Bonchev–Trinajstić information content (AvgIpc) is 2.87. The van der Waals surface area contributed by atoms with Gasteiger partial charge in [-0.2, -0.15) is 0 Å². The second kappa shape index (κ2) is 5.32. The molecule has 1 saturated heterocycles. The Hall–Kier alpha value is -1.57. The molecule has 8 heteroatoms. The monoisotopic (exact) mass is 315 g/mol. The van der Waals surface area contributed by atoms with Gasteiger partial charge < -0.3 is 15.0 Å². The summed E-state index contributed by atoms with van der Waals surface area (Å²) in [6, 6.07) is 0. The predicted octanol–water partition coefficient (Wildman–Crippen LogP) is 0.738. The van der Waals surface area contributed by atoms with E-state index in [0.29, 0.717) is 18.7 Å². The van der Waals surface area contributed by atoms with Crippen LogP contribution in [0.2, 0.25) is 0 Å². The molecule has 0 saturated carbocycles. The average molecular weight is 315 g/mol. The van der Waals surface area contributed by atoms with Gasteiger partial charge in [-0.05, 0) is 20.3 Å². The SMILES string of the molecule is CCOC(=O)c1nc(CC)n(C2(C)CCS(=O)(=O)C2)c1N. The summed E-state index contributed by atoms with van der Waals surface area (Å²) in [4.78, 5) is 16.2. The third-order valence-corrected chi connectivity index (χ3v) is 5.68. The summed E-state index contributed by atoms with van der Waals surface area (Å²) >= 11 is 0. The fourth-order valence-electron chi connectivity index (χ4n) is 2.84. The highest BCUT2D eigenvalue weighted by molar-refractivity contribution is 7.91. The first-order chi connectivity index (χ1) is 9.74. The second-order valence-electron chi connectivity index (χ2n) is 5.51. The Balaban J connectivity index is 2.51. The van der Waals surface area contributed by atoms with E-state index in [1.54, 1.807) is 11.5 Å². The molecule has 1 aliphatic heterocycles. The van der Waals surface area contributed by atoms with Gasteiger partial charge in [-0.15, -0.1) is 0 Å². The van der Waals surface area contributed by atoms with E-state index in [4.69, 9.17) is 10.5 Å². The zero-order valence-corrected chi connectivity index (χ0v) is 13.4. The van der Waals surface area contributed by atoms with Crippen molar-refractivity contribution in [3.8, 4) is 0 Å². The molecule has 2 heterocycles. The van der Waals surface area contributed by atoms with Crippen LogP contribution in [0.4, 0.5) is 5.82 Å². The molecule has 1 fully saturated rings. The molecule has 2 rings (SSSR count). The standard InChI is InChI=1S/C13H21N3O4S/c1-4-9-15-10(12(17)20-5-2)11(14)16(9)13(3)6-7-21(18,19)8-13/h4-8,14H2,1-3H3. The summed E-state index contributed by atoms with van der Waals surface area (Å²) < 4.78 is 30.3. The Labute approximate surface area is 124 Å². The van der Waals surface area contributed by atoms with Crippen molar-refractivity contribution in [1.82, 2.24) is 9.55 Å². The van der Waals surface area contributed by atoms with Crippen LogP contribution in [0.3, 0.4) is 0 Å². The number of nitrogens with zero attached hydrogens (tertiary/aromatic N) is 2. The molecular weight excluding hydrogens is 294 g/mol. The van der Waals surface area contributed by atoms with Gasteiger partial charge in [0.1, 0.15) is 11.6 Å². The fourth-order valence-corrected chi connectivity index (χ4v) is 4.96. The maximum absolute atomic E-state index is 11.9. The lowest BCUT2D eigenvalue weighted by Crippen LogP contribution is -2.34. The first kappa shape index (κ1) is 15.8. The quantitative estimate of drug-likeness (QED) is 0.822. The Morgan fingerprint density at radius 3 is 2.62 bits per heavy atom. The number of aromatic nitrogens is 2. The molecule has 1 aromatic rings. The van der Waals surface area contributed by atoms with Crippen molar-refractivity contribution in [2.75, 3.05) is 23.8 Å². The number of rotatable bonds is 4. The van der Waals surface area contributed by atoms with E-state index in [1.807, 2.05) is 13.8 Å². The molecule has 2 N–H and O–H groups in total. The molecule has 21 heavy (non-hydrogen) atoms. The summed E-state index contributed by atoms with van der Waals surface area (Å²) in [5, 5.41) is 0. The van der Waals surface area contributed by atoms with E-state index in [1.165, 1.54) is 0 Å². The molecule has 0 aromatic carbocycles. The molecule has 0 bridgehead atoms. The van der Waals surface area contributed by atoms with Gasteiger partial charge in [-0.25, -0.2) is 18.2 Å². The molecule has 1 atom stereocenters. The van der Waals surface area contributed by atoms with Crippen molar-refractivity contribution in [2.24, 2.45) is 0 Å². The molecule has 118 valence electrons. The number of hydrogen-bond donors (Lipinski definition) is 1. The molecule has 0 radical (unpaired) electrons.